The molecule has 3 aromatic rings. The van der Waals surface area contributed by atoms with Crippen LogP contribution >= 0.6 is 11.8 Å². The lowest BCUT2D eigenvalue weighted by Gasteiger charge is -2.11. The van der Waals surface area contributed by atoms with Crippen molar-refractivity contribution in [2.45, 2.75) is 19.0 Å². The molecule has 0 spiro atoms. The minimum atomic E-state index is -3.42. The zero-order valence-corrected chi connectivity index (χ0v) is 19.2. The summed E-state index contributed by atoms with van der Waals surface area (Å²) in [4.78, 5) is 12.5. The van der Waals surface area contributed by atoms with Crippen molar-refractivity contribution in [3.05, 3.63) is 53.9 Å². The molecule has 11 heteroatoms. The second kappa shape index (κ2) is 9.40. The van der Waals surface area contributed by atoms with Crippen LogP contribution in [0.1, 0.15) is 11.4 Å². The van der Waals surface area contributed by atoms with Gasteiger partial charge in [0.1, 0.15) is 11.6 Å². The first-order chi connectivity index (χ1) is 14.7. The van der Waals surface area contributed by atoms with E-state index in [4.69, 9.17) is 4.74 Å². The van der Waals surface area contributed by atoms with Crippen LogP contribution in [-0.2, 0) is 14.8 Å². The highest BCUT2D eigenvalue weighted by molar-refractivity contribution is 7.99. The monoisotopic (exact) mass is 461 g/mol. The third-order valence-electron chi connectivity index (χ3n) is 4.27. The SMILES string of the molecule is COc1ccc(-n2c(C)nnc2SCC(=O)Nc2ccc(C)c(NS(C)(=O)=O)c2)cc1. The minimum Gasteiger partial charge on any atom is -0.497 e. The summed E-state index contributed by atoms with van der Waals surface area (Å²) in [5.41, 5.74) is 2.53. The Morgan fingerprint density at radius 3 is 2.48 bits per heavy atom. The van der Waals surface area contributed by atoms with Crippen molar-refractivity contribution in [1.29, 1.82) is 0 Å². The van der Waals surface area contributed by atoms with E-state index < -0.39 is 10.0 Å². The summed E-state index contributed by atoms with van der Waals surface area (Å²) in [6, 6.07) is 12.5. The number of hydrogen-bond acceptors (Lipinski definition) is 7. The molecule has 0 fully saturated rings. The van der Waals surface area contributed by atoms with Crippen molar-refractivity contribution < 1.29 is 17.9 Å². The fourth-order valence-corrected chi connectivity index (χ4v) is 4.22. The van der Waals surface area contributed by atoms with Crippen LogP contribution in [0.4, 0.5) is 11.4 Å². The zero-order valence-electron chi connectivity index (χ0n) is 17.5. The van der Waals surface area contributed by atoms with Crippen molar-refractivity contribution >= 4 is 39.1 Å². The number of anilines is 2. The molecule has 1 amide bonds. The molecular formula is C20H23N5O4S2. The van der Waals surface area contributed by atoms with Crippen LogP contribution in [0.2, 0.25) is 0 Å². The molecule has 164 valence electrons. The Morgan fingerprint density at radius 1 is 1.13 bits per heavy atom. The standard InChI is InChI=1S/C20H23N5O4S2/c1-13-5-6-15(11-18(13)24-31(4,27)28)21-19(26)12-30-20-23-22-14(2)25(20)16-7-9-17(29-3)10-8-16/h5-11,24H,12H2,1-4H3,(H,21,26). The lowest BCUT2D eigenvalue weighted by atomic mass is 10.2. The topological polar surface area (TPSA) is 115 Å². The summed E-state index contributed by atoms with van der Waals surface area (Å²) in [5, 5.41) is 11.6. The molecule has 0 aliphatic rings. The largest absolute Gasteiger partial charge is 0.497 e. The van der Waals surface area contributed by atoms with Crippen LogP contribution in [0.25, 0.3) is 5.69 Å². The average Bonchev–Trinajstić information content (AvgIpc) is 3.08. The number of nitrogens with one attached hydrogen (secondary N) is 2. The molecule has 9 nitrogen and oxygen atoms in total. The second-order valence-electron chi connectivity index (χ2n) is 6.80. The van der Waals surface area contributed by atoms with Gasteiger partial charge in [-0.2, -0.15) is 0 Å². The van der Waals surface area contributed by atoms with Crippen LogP contribution in [0.15, 0.2) is 47.6 Å². The molecule has 0 bridgehead atoms. The van der Waals surface area contributed by atoms with E-state index in [0.717, 1.165) is 23.3 Å². The molecule has 1 heterocycles. The van der Waals surface area contributed by atoms with E-state index in [2.05, 4.69) is 20.2 Å². The molecule has 0 unspecified atom stereocenters. The highest BCUT2D eigenvalue weighted by Crippen LogP contribution is 2.25. The molecule has 0 aliphatic carbocycles. The van der Waals surface area contributed by atoms with Gasteiger partial charge in [-0.05, 0) is 55.8 Å². The third-order valence-corrected chi connectivity index (χ3v) is 5.79. The molecule has 2 aromatic carbocycles. The van der Waals surface area contributed by atoms with Gasteiger partial charge in [0.25, 0.3) is 0 Å². The first-order valence-electron chi connectivity index (χ1n) is 9.24. The predicted molar refractivity (Wildman–Crippen MR) is 122 cm³/mol. The lowest BCUT2D eigenvalue weighted by molar-refractivity contribution is -0.113. The van der Waals surface area contributed by atoms with Gasteiger partial charge < -0.3 is 10.1 Å². The van der Waals surface area contributed by atoms with E-state index in [-0.39, 0.29) is 11.7 Å². The number of carbonyl (C=O) groups excluding carboxylic acids is 1. The number of amides is 1. The van der Waals surface area contributed by atoms with Gasteiger partial charge in [0.15, 0.2) is 5.16 Å². The zero-order chi connectivity index (χ0) is 22.6. The number of carbonyl (C=O) groups is 1. The molecule has 31 heavy (non-hydrogen) atoms. The Balaban J connectivity index is 1.69. The van der Waals surface area contributed by atoms with Gasteiger partial charge in [0.05, 0.1) is 24.8 Å². The minimum absolute atomic E-state index is 0.108. The maximum absolute atomic E-state index is 12.5. The Labute approximate surface area is 185 Å². The lowest BCUT2D eigenvalue weighted by Crippen LogP contribution is -2.15. The fraction of sp³-hybridized carbons (Fsp3) is 0.250. The van der Waals surface area contributed by atoms with E-state index in [9.17, 15) is 13.2 Å². The van der Waals surface area contributed by atoms with Gasteiger partial charge in [-0.3, -0.25) is 14.1 Å². The van der Waals surface area contributed by atoms with Crippen LogP contribution < -0.4 is 14.8 Å². The fourth-order valence-electron chi connectivity index (χ4n) is 2.80. The van der Waals surface area contributed by atoms with Gasteiger partial charge >= 0.3 is 0 Å². The number of sulfonamides is 1. The van der Waals surface area contributed by atoms with Gasteiger partial charge in [0.2, 0.25) is 15.9 Å². The molecule has 2 N–H and O–H groups in total. The van der Waals surface area contributed by atoms with Crippen LogP contribution in [0, 0.1) is 13.8 Å². The molecule has 0 aliphatic heterocycles. The average molecular weight is 462 g/mol. The number of hydrogen-bond donors (Lipinski definition) is 2. The summed E-state index contributed by atoms with van der Waals surface area (Å²) in [7, 11) is -1.81. The number of nitrogens with zero attached hydrogens (tertiary/aromatic N) is 3. The van der Waals surface area contributed by atoms with Crippen molar-refractivity contribution in [2.75, 3.05) is 29.2 Å². The third kappa shape index (κ3) is 5.98. The van der Waals surface area contributed by atoms with Gasteiger partial charge in [-0.1, -0.05) is 17.8 Å². The molecule has 0 atom stereocenters. The Hall–Kier alpha value is -3.05. The first kappa shape index (κ1) is 22.6. The van der Waals surface area contributed by atoms with E-state index in [0.29, 0.717) is 22.4 Å². The van der Waals surface area contributed by atoms with Gasteiger partial charge in [0, 0.05) is 11.4 Å². The van der Waals surface area contributed by atoms with Gasteiger partial charge in [-0.25, -0.2) is 8.42 Å². The number of aromatic nitrogens is 3. The van der Waals surface area contributed by atoms with E-state index in [1.807, 2.05) is 35.8 Å². The highest BCUT2D eigenvalue weighted by Gasteiger charge is 2.14. The quantitative estimate of drug-likeness (QED) is 0.496. The number of methoxy groups -OCH3 is 1. The predicted octanol–water partition coefficient (Wildman–Crippen LogP) is 3.00. The summed E-state index contributed by atoms with van der Waals surface area (Å²) < 4.78 is 32.5. The van der Waals surface area contributed by atoms with Crippen molar-refractivity contribution in [3.8, 4) is 11.4 Å². The number of thioether (sulfide) groups is 1. The van der Waals surface area contributed by atoms with Crippen molar-refractivity contribution in [1.82, 2.24) is 14.8 Å². The number of aryl methyl sites for hydroxylation is 2. The highest BCUT2D eigenvalue weighted by atomic mass is 32.2. The summed E-state index contributed by atoms with van der Waals surface area (Å²) in [6.45, 7) is 3.62. The molecular weight excluding hydrogens is 438 g/mol. The summed E-state index contributed by atoms with van der Waals surface area (Å²) >= 11 is 1.25. The summed E-state index contributed by atoms with van der Waals surface area (Å²) in [5.74, 6) is 1.30. The van der Waals surface area contributed by atoms with Crippen LogP contribution in [0.3, 0.4) is 0 Å². The van der Waals surface area contributed by atoms with E-state index in [1.165, 1.54) is 11.8 Å². The second-order valence-corrected chi connectivity index (χ2v) is 9.49. The van der Waals surface area contributed by atoms with Crippen LogP contribution in [-0.4, -0.2) is 48.2 Å². The Bertz CT molecular complexity index is 1190. The smallest absolute Gasteiger partial charge is 0.234 e. The van der Waals surface area contributed by atoms with Gasteiger partial charge in [-0.15, -0.1) is 10.2 Å². The Morgan fingerprint density at radius 2 is 1.84 bits per heavy atom. The number of ether oxygens (including phenoxy) is 1. The number of rotatable bonds is 8. The number of benzene rings is 2. The maximum Gasteiger partial charge on any atom is 0.234 e. The maximum atomic E-state index is 12.5. The first-order valence-corrected chi connectivity index (χ1v) is 12.1. The van der Waals surface area contributed by atoms with Crippen molar-refractivity contribution in [3.63, 3.8) is 0 Å². The molecule has 1 aromatic heterocycles. The van der Waals surface area contributed by atoms with Crippen molar-refractivity contribution in [2.24, 2.45) is 0 Å². The van der Waals surface area contributed by atoms with E-state index in [1.54, 1.807) is 32.2 Å². The molecule has 0 saturated carbocycles. The molecule has 0 radical (unpaired) electrons. The molecule has 3 rings (SSSR count). The van der Waals surface area contributed by atoms with Crippen LogP contribution in [0.5, 0.6) is 5.75 Å². The summed E-state index contributed by atoms with van der Waals surface area (Å²) in [6.07, 6.45) is 1.08. The van der Waals surface area contributed by atoms with E-state index >= 15 is 0 Å². The molecule has 0 saturated heterocycles. The Kier molecular flexibility index (Phi) is 6.86. The normalized spacial score (nSPS) is 11.2.